The Labute approximate surface area is 145 Å². The first-order valence-corrected chi connectivity index (χ1v) is 8.05. The summed E-state index contributed by atoms with van der Waals surface area (Å²) in [5.41, 5.74) is 4.50. The predicted octanol–water partition coefficient (Wildman–Crippen LogP) is 7.92. The van der Waals surface area contributed by atoms with Crippen LogP contribution in [0.3, 0.4) is 0 Å². The second-order valence-electron chi connectivity index (χ2n) is 4.92. The number of hydrogen-bond acceptors (Lipinski definition) is 0. The molecule has 0 nitrogen and oxygen atoms in total. The third-order valence-electron chi connectivity index (χ3n) is 2.78. The van der Waals surface area contributed by atoms with Gasteiger partial charge in [-0.2, -0.15) is 0 Å². The van der Waals surface area contributed by atoms with Crippen molar-refractivity contribution in [3.05, 3.63) is 98.7 Å². The standard InChI is InChI=1S/C18H26.C3H6.C2H4/c1-7-15(3)9-11-17(5)13-14-18(6)12-10-16(4)8-2;1-3-2;1-2/h9-12H,3-8,13-14H2,1-2H3;3H,1H2,2H3;1-2H2/b11-9-,12-10-;;. The van der Waals surface area contributed by atoms with Crippen molar-refractivity contribution >= 4 is 0 Å². The molecule has 0 aromatic heterocycles. The minimum absolute atomic E-state index is 0.940. The third-order valence-corrected chi connectivity index (χ3v) is 2.78. The zero-order chi connectivity index (χ0) is 18.7. The lowest BCUT2D eigenvalue weighted by atomic mass is 10.0. The lowest BCUT2D eigenvalue weighted by Crippen LogP contribution is -1.82. The van der Waals surface area contributed by atoms with E-state index >= 15 is 0 Å². The molecule has 0 aliphatic carbocycles. The Morgan fingerprint density at radius 2 is 0.870 bits per heavy atom. The van der Waals surface area contributed by atoms with Gasteiger partial charge in [-0.15, -0.1) is 19.7 Å². The third kappa shape index (κ3) is 22.3. The molecule has 0 aromatic rings. The SMILES string of the molecule is C=C.C=C(/C=C\C(=C)CCC(=C)/C=C\C(=C)CC)CC.C=CC. The van der Waals surface area contributed by atoms with Crippen molar-refractivity contribution in [2.24, 2.45) is 0 Å². The van der Waals surface area contributed by atoms with Crippen molar-refractivity contribution in [3.63, 3.8) is 0 Å². The maximum Gasteiger partial charge on any atom is -0.0244 e. The van der Waals surface area contributed by atoms with Gasteiger partial charge in [-0.05, 0) is 32.6 Å². The molecule has 0 saturated carbocycles. The first-order valence-electron chi connectivity index (χ1n) is 8.05. The topological polar surface area (TPSA) is 0 Å². The predicted molar refractivity (Wildman–Crippen MR) is 112 cm³/mol. The van der Waals surface area contributed by atoms with E-state index < -0.39 is 0 Å². The Bertz CT molecular complexity index is 389. The van der Waals surface area contributed by atoms with Gasteiger partial charge in [0.2, 0.25) is 0 Å². The van der Waals surface area contributed by atoms with Crippen LogP contribution < -0.4 is 0 Å². The van der Waals surface area contributed by atoms with Gasteiger partial charge in [0.15, 0.2) is 0 Å². The van der Waals surface area contributed by atoms with Crippen LogP contribution in [0.1, 0.15) is 46.5 Å². The highest BCUT2D eigenvalue weighted by atomic mass is 14.0. The fourth-order valence-corrected chi connectivity index (χ4v) is 1.19. The van der Waals surface area contributed by atoms with Gasteiger partial charge in [0.05, 0.1) is 0 Å². The van der Waals surface area contributed by atoms with Crippen molar-refractivity contribution in [3.8, 4) is 0 Å². The summed E-state index contributed by atoms with van der Waals surface area (Å²) in [5, 5.41) is 0. The molecule has 128 valence electrons. The molecule has 0 heteroatoms. The van der Waals surface area contributed by atoms with Gasteiger partial charge in [-0.3, -0.25) is 0 Å². The first-order chi connectivity index (χ1) is 10.9. The van der Waals surface area contributed by atoms with Gasteiger partial charge in [-0.1, -0.05) is 92.8 Å². The van der Waals surface area contributed by atoms with E-state index in [0.717, 1.165) is 48.0 Å². The summed E-state index contributed by atoms with van der Waals surface area (Å²) in [6.07, 6.45) is 13.8. The van der Waals surface area contributed by atoms with E-state index in [4.69, 9.17) is 0 Å². The molecule has 0 saturated heterocycles. The van der Waals surface area contributed by atoms with Crippen LogP contribution in [0.5, 0.6) is 0 Å². The normalized spacial score (nSPS) is 9.35. The lowest BCUT2D eigenvalue weighted by molar-refractivity contribution is 0.976. The molecule has 0 radical (unpaired) electrons. The van der Waals surface area contributed by atoms with Crippen molar-refractivity contribution in [2.75, 3.05) is 0 Å². The van der Waals surface area contributed by atoms with Crippen molar-refractivity contribution < 1.29 is 0 Å². The van der Waals surface area contributed by atoms with E-state index in [1.165, 1.54) is 0 Å². The average molecular weight is 313 g/mol. The molecule has 0 rings (SSSR count). The van der Waals surface area contributed by atoms with Crippen LogP contribution in [0.4, 0.5) is 0 Å². The number of hydrogen-bond donors (Lipinski definition) is 0. The van der Waals surface area contributed by atoms with Gasteiger partial charge in [-0.25, -0.2) is 0 Å². The fourth-order valence-electron chi connectivity index (χ4n) is 1.19. The highest BCUT2D eigenvalue weighted by Crippen LogP contribution is 2.13. The summed E-state index contributed by atoms with van der Waals surface area (Å²) in [6, 6.07) is 0. The smallest absolute Gasteiger partial charge is 0.0244 e. The first kappa shape index (κ1) is 25.9. The largest absolute Gasteiger partial charge is 0.106 e. The van der Waals surface area contributed by atoms with Gasteiger partial charge in [0.25, 0.3) is 0 Å². The van der Waals surface area contributed by atoms with E-state index in [0.29, 0.717) is 0 Å². The minimum atomic E-state index is 0.940. The Kier molecular flexibility index (Phi) is 22.4. The molecule has 0 aromatic carbocycles. The van der Waals surface area contributed by atoms with Crippen LogP contribution >= 0.6 is 0 Å². The molecule has 0 unspecified atom stereocenters. The van der Waals surface area contributed by atoms with Gasteiger partial charge in [0, 0.05) is 0 Å². The molecule has 0 fully saturated rings. The highest BCUT2D eigenvalue weighted by Gasteiger charge is 1.93. The van der Waals surface area contributed by atoms with E-state index in [2.05, 4.69) is 59.9 Å². The number of allylic oxidation sites excluding steroid dienone is 9. The molecule has 0 N–H and O–H groups in total. The number of rotatable bonds is 9. The van der Waals surface area contributed by atoms with Gasteiger partial charge < -0.3 is 0 Å². The van der Waals surface area contributed by atoms with Crippen LogP contribution in [-0.2, 0) is 0 Å². The second-order valence-corrected chi connectivity index (χ2v) is 4.92. The monoisotopic (exact) mass is 312 g/mol. The summed E-state index contributed by atoms with van der Waals surface area (Å²) in [6.45, 7) is 31.4. The minimum Gasteiger partial charge on any atom is -0.106 e. The van der Waals surface area contributed by atoms with Crippen LogP contribution in [-0.4, -0.2) is 0 Å². The van der Waals surface area contributed by atoms with E-state index in [1.807, 2.05) is 31.2 Å². The Hall–Kier alpha value is -2.08. The van der Waals surface area contributed by atoms with Crippen LogP contribution in [0.25, 0.3) is 0 Å². The average Bonchev–Trinajstić information content (AvgIpc) is 2.57. The summed E-state index contributed by atoms with van der Waals surface area (Å²) in [4.78, 5) is 0. The van der Waals surface area contributed by atoms with Crippen LogP contribution in [0.15, 0.2) is 98.7 Å². The summed E-state index contributed by atoms with van der Waals surface area (Å²) >= 11 is 0. The lowest BCUT2D eigenvalue weighted by Gasteiger charge is -2.01. The molecular formula is C23H36. The molecule has 0 spiro atoms. The highest BCUT2D eigenvalue weighted by molar-refractivity contribution is 5.27. The summed E-state index contributed by atoms with van der Waals surface area (Å²) < 4.78 is 0. The van der Waals surface area contributed by atoms with E-state index in [-0.39, 0.29) is 0 Å². The van der Waals surface area contributed by atoms with Crippen molar-refractivity contribution in [1.29, 1.82) is 0 Å². The Balaban J connectivity index is -0.000000710. The fraction of sp³-hybridized carbons (Fsp3) is 0.304. The second kappa shape index (κ2) is 19.9. The van der Waals surface area contributed by atoms with E-state index in [9.17, 15) is 0 Å². The summed E-state index contributed by atoms with van der Waals surface area (Å²) in [7, 11) is 0. The quantitative estimate of drug-likeness (QED) is 0.299. The van der Waals surface area contributed by atoms with Crippen molar-refractivity contribution in [2.45, 2.75) is 46.5 Å². The molecule has 0 heterocycles. The Morgan fingerprint density at radius 3 is 1.09 bits per heavy atom. The maximum absolute atomic E-state index is 4.03. The molecule has 0 bridgehead atoms. The maximum atomic E-state index is 4.03. The molecule has 0 aliphatic rings. The van der Waals surface area contributed by atoms with Crippen LogP contribution in [0.2, 0.25) is 0 Å². The molecule has 0 aliphatic heterocycles. The molecule has 0 atom stereocenters. The summed E-state index contributed by atoms with van der Waals surface area (Å²) in [5.74, 6) is 0. The molecule has 0 amide bonds. The van der Waals surface area contributed by atoms with Gasteiger partial charge >= 0.3 is 0 Å². The van der Waals surface area contributed by atoms with Crippen LogP contribution in [0, 0.1) is 0 Å². The Morgan fingerprint density at radius 1 is 0.652 bits per heavy atom. The zero-order valence-corrected chi connectivity index (χ0v) is 15.7. The van der Waals surface area contributed by atoms with Gasteiger partial charge in [0.1, 0.15) is 0 Å². The molecular weight excluding hydrogens is 276 g/mol. The zero-order valence-electron chi connectivity index (χ0n) is 15.7. The molecule has 23 heavy (non-hydrogen) atoms. The van der Waals surface area contributed by atoms with E-state index in [1.54, 1.807) is 6.08 Å². The van der Waals surface area contributed by atoms with Crippen molar-refractivity contribution in [1.82, 2.24) is 0 Å².